The minimum Gasteiger partial charge on any atom is -0.103 e. The van der Waals surface area contributed by atoms with Gasteiger partial charge >= 0.3 is 0 Å². The van der Waals surface area contributed by atoms with Gasteiger partial charge in [0.15, 0.2) is 0 Å². The minimum absolute atomic E-state index is 1.01. The van der Waals surface area contributed by atoms with E-state index in [2.05, 4.69) is 24.8 Å². The molecule has 2 heteroatoms. The Morgan fingerprint density at radius 3 is 3.00 bits per heavy atom. The molecule has 0 bridgehead atoms. The molecule has 0 atom stereocenters. The average molecular weight is 208 g/mol. The van der Waals surface area contributed by atoms with Gasteiger partial charge in [-0.1, -0.05) is 45.9 Å². The van der Waals surface area contributed by atoms with Crippen LogP contribution >= 0.6 is 21.6 Å². The Morgan fingerprint density at radius 1 is 1.31 bits per heavy atom. The fourth-order valence-electron chi connectivity index (χ4n) is 1.56. The zero-order valence-electron chi connectivity index (χ0n) is 7.45. The summed E-state index contributed by atoms with van der Waals surface area (Å²) in [4.78, 5) is 0. The molecule has 1 aliphatic heterocycles. The van der Waals surface area contributed by atoms with E-state index in [4.69, 9.17) is 0 Å². The summed E-state index contributed by atoms with van der Waals surface area (Å²) in [5.41, 5.74) is 4.52. The van der Waals surface area contributed by atoms with Crippen LogP contribution in [0.3, 0.4) is 0 Å². The van der Waals surface area contributed by atoms with Crippen molar-refractivity contribution in [1.29, 1.82) is 0 Å². The van der Waals surface area contributed by atoms with E-state index in [-0.39, 0.29) is 0 Å². The molecule has 0 aromatic heterocycles. The third kappa shape index (κ3) is 1.94. The first kappa shape index (κ1) is 9.22. The molecule has 0 radical (unpaired) electrons. The Balaban J connectivity index is 2.39. The number of benzene rings is 1. The predicted molar refractivity (Wildman–Crippen MR) is 62.9 cm³/mol. The number of rotatable bonds is 2. The first-order valence-corrected chi connectivity index (χ1v) is 6.85. The average Bonchev–Trinajstić information content (AvgIpc) is 2.19. The van der Waals surface area contributed by atoms with Crippen molar-refractivity contribution in [2.24, 2.45) is 0 Å². The molecule has 1 aliphatic rings. The van der Waals surface area contributed by atoms with E-state index in [1.807, 2.05) is 27.7 Å². The molecule has 0 amide bonds. The van der Waals surface area contributed by atoms with Gasteiger partial charge in [0.2, 0.25) is 0 Å². The van der Waals surface area contributed by atoms with Crippen LogP contribution in [0.4, 0.5) is 0 Å². The molecule has 0 aliphatic carbocycles. The summed E-state index contributed by atoms with van der Waals surface area (Å²) >= 11 is 0. The van der Waals surface area contributed by atoms with E-state index in [1.165, 1.54) is 11.1 Å². The molecule has 1 aromatic carbocycles. The van der Waals surface area contributed by atoms with Gasteiger partial charge < -0.3 is 0 Å². The molecule has 68 valence electrons. The van der Waals surface area contributed by atoms with Crippen LogP contribution in [0.2, 0.25) is 0 Å². The maximum Gasteiger partial charge on any atom is 0.0294 e. The Morgan fingerprint density at radius 2 is 2.15 bits per heavy atom. The van der Waals surface area contributed by atoms with Gasteiger partial charge in [-0.25, -0.2) is 0 Å². The molecule has 0 saturated carbocycles. The molecule has 0 fully saturated rings. The highest BCUT2D eigenvalue weighted by atomic mass is 33.1. The second-order valence-corrected chi connectivity index (χ2v) is 5.53. The molecule has 0 N–H and O–H groups in total. The zero-order valence-corrected chi connectivity index (χ0v) is 9.09. The van der Waals surface area contributed by atoms with Gasteiger partial charge in [-0.05, 0) is 23.1 Å². The van der Waals surface area contributed by atoms with Crippen LogP contribution in [0.25, 0.3) is 0 Å². The number of hydrogen-bond acceptors (Lipinski definition) is 2. The molecular weight excluding hydrogens is 196 g/mol. The summed E-state index contributed by atoms with van der Waals surface area (Å²) in [5, 5.41) is 0. The van der Waals surface area contributed by atoms with Crippen molar-refractivity contribution in [3.05, 3.63) is 47.5 Å². The highest BCUT2D eigenvalue weighted by Crippen LogP contribution is 2.38. The SMILES string of the molecule is C=CCc1cccc2c1CSSC2. The quantitative estimate of drug-likeness (QED) is 0.535. The summed E-state index contributed by atoms with van der Waals surface area (Å²) in [7, 11) is 3.92. The lowest BCUT2D eigenvalue weighted by Gasteiger charge is -2.17. The maximum absolute atomic E-state index is 3.79. The van der Waals surface area contributed by atoms with Gasteiger partial charge in [0, 0.05) is 11.5 Å². The lowest BCUT2D eigenvalue weighted by Crippen LogP contribution is -1.99. The second-order valence-electron chi connectivity index (χ2n) is 3.07. The van der Waals surface area contributed by atoms with E-state index >= 15 is 0 Å². The fourth-order valence-corrected chi connectivity index (χ4v) is 3.85. The standard InChI is InChI=1S/C11H12S2/c1-2-4-9-5-3-6-10-7-12-13-8-11(9)10/h2-3,5-6H,1,4,7-8H2. The lowest BCUT2D eigenvalue weighted by atomic mass is 10.0. The highest BCUT2D eigenvalue weighted by molar-refractivity contribution is 8.76. The fraction of sp³-hybridized carbons (Fsp3) is 0.273. The van der Waals surface area contributed by atoms with Gasteiger partial charge in [0.1, 0.15) is 0 Å². The lowest BCUT2D eigenvalue weighted by molar-refractivity contribution is 1.16. The molecular formula is C11H12S2. The van der Waals surface area contributed by atoms with Gasteiger partial charge in [-0.15, -0.1) is 6.58 Å². The molecule has 0 spiro atoms. The smallest absolute Gasteiger partial charge is 0.0294 e. The minimum atomic E-state index is 1.01. The molecule has 2 rings (SSSR count). The first-order chi connectivity index (χ1) is 6.42. The number of allylic oxidation sites excluding steroid dienone is 1. The Labute approximate surface area is 87.2 Å². The third-order valence-electron chi connectivity index (χ3n) is 2.24. The van der Waals surface area contributed by atoms with Crippen LogP contribution in [0.5, 0.6) is 0 Å². The van der Waals surface area contributed by atoms with E-state index in [0.29, 0.717) is 0 Å². The summed E-state index contributed by atoms with van der Waals surface area (Å²) < 4.78 is 0. The molecule has 0 saturated heterocycles. The van der Waals surface area contributed by atoms with E-state index in [1.54, 1.807) is 5.56 Å². The normalized spacial score (nSPS) is 15.1. The van der Waals surface area contributed by atoms with E-state index in [9.17, 15) is 0 Å². The van der Waals surface area contributed by atoms with Crippen molar-refractivity contribution in [2.45, 2.75) is 17.9 Å². The van der Waals surface area contributed by atoms with Crippen molar-refractivity contribution < 1.29 is 0 Å². The van der Waals surface area contributed by atoms with Crippen molar-refractivity contribution in [3.63, 3.8) is 0 Å². The molecule has 0 unspecified atom stereocenters. The molecule has 13 heavy (non-hydrogen) atoms. The summed E-state index contributed by atoms with van der Waals surface area (Å²) in [6, 6.07) is 6.62. The molecule has 0 nitrogen and oxygen atoms in total. The van der Waals surface area contributed by atoms with E-state index < -0.39 is 0 Å². The Kier molecular flexibility index (Phi) is 3.01. The first-order valence-electron chi connectivity index (χ1n) is 4.37. The van der Waals surface area contributed by atoms with Crippen LogP contribution in [-0.2, 0) is 17.9 Å². The van der Waals surface area contributed by atoms with Crippen molar-refractivity contribution in [1.82, 2.24) is 0 Å². The number of hydrogen-bond donors (Lipinski definition) is 0. The van der Waals surface area contributed by atoms with Crippen molar-refractivity contribution >= 4 is 21.6 Å². The largest absolute Gasteiger partial charge is 0.103 e. The van der Waals surface area contributed by atoms with Gasteiger partial charge in [0.05, 0.1) is 0 Å². The second kappa shape index (κ2) is 4.25. The summed E-state index contributed by atoms with van der Waals surface area (Å²) in [5.74, 6) is 2.31. The van der Waals surface area contributed by atoms with Crippen molar-refractivity contribution in [3.8, 4) is 0 Å². The van der Waals surface area contributed by atoms with Gasteiger partial charge in [0.25, 0.3) is 0 Å². The van der Waals surface area contributed by atoms with Crippen LogP contribution in [-0.4, -0.2) is 0 Å². The van der Waals surface area contributed by atoms with Crippen LogP contribution in [0.1, 0.15) is 16.7 Å². The Bertz CT molecular complexity index is 318. The number of fused-ring (bicyclic) bond motifs is 1. The monoisotopic (exact) mass is 208 g/mol. The molecule has 1 heterocycles. The zero-order chi connectivity index (χ0) is 9.10. The van der Waals surface area contributed by atoms with Crippen LogP contribution in [0.15, 0.2) is 30.9 Å². The summed E-state index contributed by atoms with van der Waals surface area (Å²) in [6.07, 6.45) is 3.00. The van der Waals surface area contributed by atoms with Crippen LogP contribution in [0, 0.1) is 0 Å². The van der Waals surface area contributed by atoms with Gasteiger partial charge in [-0.2, -0.15) is 0 Å². The topological polar surface area (TPSA) is 0 Å². The highest BCUT2D eigenvalue weighted by Gasteiger charge is 2.12. The van der Waals surface area contributed by atoms with Crippen molar-refractivity contribution in [2.75, 3.05) is 0 Å². The van der Waals surface area contributed by atoms with Crippen LogP contribution < -0.4 is 0 Å². The third-order valence-corrected chi connectivity index (χ3v) is 4.44. The molecule has 1 aromatic rings. The van der Waals surface area contributed by atoms with E-state index in [0.717, 1.165) is 17.9 Å². The predicted octanol–water partition coefficient (Wildman–Crippen LogP) is 3.81. The summed E-state index contributed by atoms with van der Waals surface area (Å²) in [6.45, 7) is 3.79. The Hall–Kier alpha value is -0.340. The van der Waals surface area contributed by atoms with Gasteiger partial charge in [-0.3, -0.25) is 0 Å². The maximum atomic E-state index is 3.79.